The molecule has 24 heavy (non-hydrogen) atoms. The summed E-state index contributed by atoms with van der Waals surface area (Å²) in [7, 11) is 0. The summed E-state index contributed by atoms with van der Waals surface area (Å²) in [4.78, 5) is 16.8. The number of pyridine rings is 1. The Labute approximate surface area is 145 Å². The van der Waals surface area contributed by atoms with Crippen molar-refractivity contribution in [3.05, 3.63) is 52.8 Å². The Morgan fingerprint density at radius 3 is 2.67 bits per heavy atom. The Bertz CT molecular complexity index is 887. The second-order valence-electron chi connectivity index (χ2n) is 6.12. The van der Waals surface area contributed by atoms with Gasteiger partial charge in [-0.25, -0.2) is 9.67 Å². The molecule has 0 spiro atoms. The summed E-state index contributed by atoms with van der Waals surface area (Å²) in [6.07, 6.45) is 1.51. The maximum Gasteiger partial charge on any atom is 0.254 e. The molecule has 2 heterocycles. The smallest absolute Gasteiger partial charge is 0.254 e. The van der Waals surface area contributed by atoms with Crippen molar-refractivity contribution in [2.45, 2.75) is 20.8 Å². The van der Waals surface area contributed by atoms with E-state index in [-0.39, 0.29) is 5.91 Å². The van der Waals surface area contributed by atoms with E-state index in [0.29, 0.717) is 34.1 Å². The van der Waals surface area contributed by atoms with Gasteiger partial charge in [0.05, 0.1) is 27.4 Å². The largest absolute Gasteiger partial charge is 0.352 e. The Morgan fingerprint density at radius 1 is 1.29 bits per heavy atom. The van der Waals surface area contributed by atoms with E-state index in [0.717, 1.165) is 11.4 Å². The number of amides is 1. The molecule has 1 aromatic carbocycles. The number of halogens is 1. The number of nitrogens with zero attached hydrogens (tertiary/aromatic N) is 3. The molecule has 0 aliphatic carbocycles. The molecule has 1 amide bonds. The van der Waals surface area contributed by atoms with Crippen LogP contribution < -0.4 is 5.32 Å². The number of hydrogen-bond donors (Lipinski definition) is 1. The van der Waals surface area contributed by atoms with Crippen LogP contribution >= 0.6 is 11.6 Å². The number of aryl methyl sites for hydroxylation is 1. The zero-order chi connectivity index (χ0) is 17.3. The minimum Gasteiger partial charge on any atom is -0.352 e. The van der Waals surface area contributed by atoms with Crippen LogP contribution in [-0.4, -0.2) is 27.2 Å². The number of fused-ring (bicyclic) bond motifs is 1. The van der Waals surface area contributed by atoms with Crippen molar-refractivity contribution >= 4 is 28.5 Å². The molecule has 0 bridgehead atoms. The van der Waals surface area contributed by atoms with Gasteiger partial charge < -0.3 is 5.32 Å². The molecule has 0 saturated heterocycles. The fourth-order valence-corrected chi connectivity index (χ4v) is 2.86. The second-order valence-corrected chi connectivity index (χ2v) is 6.50. The molecule has 124 valence electrons. The average Bonchev–Trinajstić information content (AvgIpc) is 2.91. The highest BCUT2D eigenvalue weighted by Gasteiger charge is 2.19. The highest BCUT2D eigenvalue weighted by molar-refractivity contribution is 6.38. The summed E-state index contributed by atoms with van der Waals surface area (Å²) in [5.74, 6) is 0.155. The summed E-state index contributed by atoms with van der Waals surface area (Å²) in [6, 6.07) is 9.72. The molecule has 0 saturated carbocycles. The van der Waals surface area contributed by atoms with E-state index in [1.807, 2.05) is 51.1 Å². The number of aromatic nitrogens is 3. The highest BCUT2D eigenvalue weighted by Crippen LogP contribution is 2.29. The minimum atomic E-state index is -0.213. The molecule has 0 unspecified atom stereocenters. The van der Waals surface area contributed by atoms with E-state index in [9.17, 15) is 4.79 Å². The molecule has 2 aromatic heterocycles. The van der Waals surface area contributed by atoms with Gasteiger partial charge in [0.2, 0.25) is 0 Å². The van der Waals surface area contributed by atoms with Crippen molar-refractivity contribution in [1.82, 2.24) is 20.1 Å². The fourth-order valence-electron chi connectivity index (χ4n) is 2.51. The van der Waals surface area contributed by atoms with Gasteiger partial charge in [0.1, 0.15) is 0 Å². The van der Waals surface area contributed by atoms with E-state index in [2.05, 4.69) is 15.4 Å². The number of carbonyl (C=O) groups is 1. The first-order valence-corrected chi connectivity index (χ1v) is 8.24. The lowest BCUT2D eigenvalue weighted by Crippen LogP contribution is -2.27. The summed E-state index contributed by atoms with van der Waals surface area (Å²) < 4.78 is 1.74. The van der Waals surface area contributed by atoms with Crippen molar-refractivity contribution in [2.24, 2.45) is 5.92 Å². The van der Waals surface area contributed by atoms with Gasteiger partial charge in [0.15, 0.2) is 5.65 Å². The summed E-state index contributed by atoms with van der Waals surface area (Å²) in [5, 5.41) is 8.50. The molecule has 6 heteroatoms. The molecular formula is C18H19ClN4O. The van der Waals surface area contributed by atoms with Gasteiger partial charge in [-0.2, -0.15) is 5.10 Å². The van der Waals surface area contributed by atoms with Crippen LogP contribution in [0.15, 0.2) is 36.5 Å². The Hall–Kier alpha value is -2.40. The maximum atomic E-state index is 12.3. The first-order chi connectivity index (χ1) is 11.5. The van der Waals surface area contributed by atoms with Gasteiger partial charge in [-0.05, 0) is 25.0 Å². The van der Waals surface area contributed by atoms with Crippen LogP contribution in [0.4, 0.5) is 0 Å². The van der Waals surface area contributed by atoms with Crippen LogP contribution in [0.25, 0.3) is 16.7 Å². The van der Waals surface area contributed by atoms with E-state index in [1.165, 1.54) is 6.20 Å². The number of para-hydroxylation sites is 1. The number of benzene rings is 1. The van der Waals surface area contributed by atoms with Gasteiger partial charge in [-0.15, -0.1) is 0 Å². The first kappa shape index (κ1) is 16.5. The van der Waals surface area contributed by atoms with E-state index < -0.39 is 0 Å². The lowest BCUT2D eigenvalue weighted by Gasteiger charge is -2.09. The van der Waals surface area contributed by atoms with E-state index in [4.69, 9.17) is 11.6 Å². The average molecular weight is 343 g/mol. The van der Waals surface area contributed by atoms with Gasteiger partial charge in [0.25, 0.3) is 5.91 Å². The Balaban J connectivity index is 2.07. The van der Waals surface area contributed by atoms with Gasteiger partial charge in [0, 0.05) is 12.7 Å². The van der Waals surface area contributed by atoms with E-state index >= 15 is 0 Å². The zero-order valence-corrected chi connectivity index (χ0v) is 14.6. The lowest BCUT2D eigenvalue weighted by molar-refractivity contribution is 0.0949. The van der Waals surface area contributed by atoms with Gasteiger partial charge in [-0.1, -0.05) is 43.6 Å². The Morgan fingerprint density at radius 2 is 2.00 bits per heavy atom. The van der Waals surface area contributed by atoms with Crippen LogP contribution in [-0.2, 0) is 0 Å². The van der Waals surface area contributed by atoms with Crippen LogP contribution in [0.2, 0.25) is 5.02 Å². The molecule has 3 aromatic rings. The predicted octanol–water partition coefficient (Wildman–Crippen LogP) is 3.77. The first-order valence-electron chi connectivity index (χ1n) is 7.86. The van der Waals surface area contributed by atoms with Crippen molar-refractivity contribution in [1.29, 1.82) is 0 Å². The Kier molecular flexibility index (Phi) is 4.53. The number of hydrogen-bond acceptors (Lipinski definition) is 3. The molecule has 0 aliphatic rings. The normalized spacial score (nSPS) is 11.2. The summed E-state index contributed by atoms with van der Waals surface area (Å²) >= 11 is 6.50. The standard InChI is InChI=1S/C18H19ClN4O/c1-11(2)9-21-18(24)14-10-20-17-15(16(14)19)12(3)22-23(17)13-7-5-4-6-8-13/h4-8,10-11H,9H2,1-3H3,(H,21,24). The van der Waals surface area contributed by atoms with Gasteiger partial charge >= 0.3 is 0 Å². The van der Waals surface area contributed by atoms with Crippen molar-refractivity contribution < 1.29 is 4.79 Å². The fraction of sp³-hybridized carbons (Fsp3) is 0.278. The molecule has 0 aliphatic heterocycles. The van der Waals surface area contributed by atoms with Crippen molar-refractivity contribution in [2.75, 3.05) is 6.54 Å². The highest BCUT2D eigenvalue weighted by atomic mass is 35.5. The predicted molar refractivity (Wildman–Crippen MR) is 95.8 cm³/mol. The summed E-state index contributed by atoms with van der Waals surface area (Å²) in [6.45, 7) is 6.54. The second kappa shape index (κ2) is 6.61. The quantitative estimate of drug-likeness (QED) is 0.785. The molecule has 0 atom stereocenters. The number of carbonyl (C=O) groups excluding carboxylic acids is 1. The van der Waals surface area contributed by atoms with Gasteiger partial charge in [-0.3, -0.25) is 4.79 Å². The lowest BCUT2D eigenvalue weighted by atomic mass is 10.1. The molecule has 1 N–H and O–H groups in total. The van der Waals surface area contributed by atoms with Crippen LogP contribution in [0, 0.1) is 12.8 Å². The number of nitrogens with one attached hydrogen (secondary N) is 1. The molecule has 5 nitrogen and oxygen atoms in total. The van der Waals surface area contributed by atoms with E-state index in [1.54, 1.807) is 4.68 Å². The van der Waals surface area contributed by atoms with Crippen LogP contribution in [0.3, 0.4) is 0 Å². The topological polar surface area (TPSA) is 59.8 Å². The summed E-state index contributed by atoms with van der Waals surface area (Å²) in [5.41, 5.74) is 2.66. The van der Waals surface area contributed by atoms with Crippen LogP contribution in [0.5, 0.6) is 0 Å². The molecule has 0 fully saturated rings. The number of rotatable bonds is 4. The monoisotopic (exact) mass is 342 g/mol. The molecular weight excluding hydrogens is 324 g/mol. The SMILES string of the molecule is Cc1nn(-c2ccccc2)c2ncc(C(=O)NCC(C)C)c(Cl)c12. The van der Waals surface area contributed by atoms with Crippen molar-refractivity contribution in [3.63, 3.8) is 0 Å². The molecule has 0 radical (unpaired) electrons. The zero-order valence-electron chi connectivity index (χ0n) is 13.9. The van der Waals surface area contributed by atoms with Crippen LogP contribution in [0.1, 0.15) is 29.9 Å². The van der Waals surface area contributed by atoms with Crippen molar-refractivity contribution in [3.8, 4) is 5.69 Å². The third-order valence-corrected chi connectivity index (χ3v) is 4.12. The molecule has 3 rings (SSSR count). The third-order valence-electron chi connectivity index (χ3n) is 3.72. The minimum absolute atomic E-state index is 0.213. The maximum absolute atomic E-state index is 12.3. The third kappa shape index (κ3) is 2.99.